The van der Waals surface area contributed by atoms with Gasteiger partial charge < -0.3 is 11.5 Å². The van der Waals surface area contributed by atoms with Gasteiger partial charge in [-0.2, -0.15) is 0 Å². The second-order valence-corrected chi connectivity index (χ2v) is 4.80. The third-order valence-corrected chi connectivity index (χ3v) is 3.16. The van der Waals surface area contributed by atoms with E-state index in [4.69, 9.17) is 23.1 Å². The summed E-state index contributed by atoms with van der Waals surface area (Å²) in [4.78, 5) is 8.18. The van der Waals surface area contributed by atoms with Crippen LogP contribution >= 0.6 is 23.4 Å². The van der Waals surface area contributed by atoms with Gasteiger partial charge in [0.05, 0.1) is 0 Å². The lowest BCUT2D eigenvalue weighted by Crippen LogP contribution is -1.99. The molecule has 1 heterocycles. The van der Waals surface area contributed by atoms with Crippen molar-refractivity contribution in [3.8, 4) is 0 Å². The van der Waals surface area contributed by atoms with Crippen molar-refractivity contribution in [1.82, 2.24) is 9.97 Å². The largest absolute Gasteiger partial charge is 0.383 e. The Labute approximate surface area is 108 Å². The third-order valence-electron chi connectivity index (χ3n) is 2.00. The van der Waals surface area contributed by atoms with Crippen molar-refractivity contribution in [2.24, 2.45) is 0 Å². The number of anilines is 2. The Kier molecular flexibility index (Phi) is 3.71. The Morgan fingerprint density at radius 1 is 1.12 bits per heavy atom. The van der Waals surface area contributed by atoms with Gasteiger partial charge in [0.1, 0.15) is 11.6 Å². The van der Waals surface area contributed by atoms with E-state index in [0.717, 1.165) is 16.3 Å². The van der Waals surface area contributed by atoms with Crippen molar-refractivity contribution in [2.45, 2.75) is 10.9 Å². The molecule has 0 radical (unpaired) electrons. The number of hydrogen-bond acceptors (Lipinski definition) is 5. The van der Waals surface area contributed by atoms with Gasteiger partial charge >= 0.3 is 0 Å². The van der Waals surface area contributed by atoms with Crippen molar-refractivity contribution in [1.29, 1.82) is 0 Å². The summed E-state index contributed by atoms with van der Waals surface area (Å²) in [6, 6.07) is 9.18. The van der Waals surface area contributed by atoms with E-state index in [9.17, 15) is 0 Å². The van der Waals surface area contributed by atoms with Crippen LogP contribution < -0.4 is 11.5 Å². The van der Waals surface area contributed by atoms with Gasteiger partial charge in [-0.25, -0.2) is 9.97 Å². The third kappa shape index (κ3) is 3.51. The Morgan fingerprint density at radius 2 is 1.82 bits per heavy atom. The van der Waals surface area contributed by atoms with Crippen molar-refractivity contribution >= 4 is 35.0 Å². The molecule has 0 saturated carbocycles. The molecule has 0 spiro atoms. The molecule has 4 N–H and O–H groups in total. The Hall–Kier alpha value is -1.46. The number of nitrogens with two attached hydrogens (primary N) is 2. The quantitative estimate of drug-likeness (QED) is 0.659. The first-order valence-corrected chi connectivity index (χ1v) is 6.27. The van der Waals surface area contributed by atoms with E-state index in [1.165, 1.54) is 17.8 Å². The summed E-state index contributed by atoms with van der Waals surface area (Å²) in [6.45, 7) is 0. The van der Waals surface area contributed by atoms with Crippen LogP contribution in [0, 0.1) is 0 Å². The van der Waals surface area contributed by atoms with Crippen LogP contribution in [0.2, 0.25) is 5.02 Å². The van der Waals surface area contributed by atoms with E-state index in [1.807, 2.05) is 24.3 Å². The molecule has 2 rings (SSSR count). The predicted molar refractivity (Wildman–Crippen MR) is 71.9 cm³/mol. The number of nitrogen functional groups attached to an aromatic ring is 2. The van der Waals surface area contributed by atoms with Crippen LogP contribution in [0.3, 0.4) is 0 Å². The van der Waals surface area contributed by atoms with Crippen LogP contribution in [0.5, 0.6) is 0 Å². The summed E-state index contributed by atoms with van der Waals surface area (Å²) in [5.41, 5.74) is 12.3. The van der Waals surface area contributed by atoms with Crippen molar-refractivity contribution in [3.63, 3.8) is 0 Å². The minimum atomic E-state index is 0.381. The Morgan fingerprint density at radius 3 is 2.47 bits per heavy atom. The molecular weight excluding hydrogens is 256 g/mol. The van der Waals surface area contributed by atoms with Gasteiger partial charge in [-0.05, 0) is 17.7 Å². The van der Waals surface area contributed by atoms with E-state index >= 15 is 0 Å². The van der Waals surface area contributed by atoms with E-state index in [0.29, 0.717) is 16.8 Å². The average Bonchev–Trinajstić information content (AvgIpc) is 2.25. The zero-order chi connectivity index (χ0) is 12.3. The number of benzene rings is 1. The van der Waals surface area contributed by atoms with Crippen LogP contribution in [0.4, 0.5) is 11.6 Å². The van der Waals surface area contributed by atoms with E-state index < -0.39 is 0 Å². The molecule has 17 heavy (non-hydrogen) atoms. The van der Waals surface area contributed by atoms with Gasteiger partial charge in [0, 0.05) is 16.8 Å². The lowest BCUT2D eigenvalue weighted by Gasteiger charge is -2.03. The minimum absolute atomic E-state index is 0.381. The molecule has 1 aromatic carbocycles. The maximum Gasteiger partial charge on any atom is 0.191 e. The number of rotatable bonds is 3. The molecule has 0 aliphatic carbocycles. The molecule has 4 nitrogen and oxygen atoms in total. The lowest BCUT2D eigenvalue weighted by atomic mass is 10.2. The monoisotopic (exact) mass is 266 g/mol. The maximum absolute atomic E-state index is 5.90. The first-order valence-electron chi connectivity index (χ1n) is 4.91. The number of hydrogen-bond donors (Lipinski definition) is 2. The summed E-state index contributed by atoms with van der Waals surface area (Å²) in [7, 11) is 0. The molecule has 0 fully saturated rings. The highest BCUT2D eigenvalue weighted by Crippen LogP contribution is 2.22. The first-order chi connectivity index (χ1) is 8.13. The molecule has 6 heteroatoms. The van der Waals surface area contributed by atoms with Crippen LogP contribution in [0.1, 0.15) is 5.56 Å². The van der Waals surface area contributed by atoms with E-state index in [2.05, 4.69) is 9.97 Å². The highest BCUT2D eigenvalue weighted by atomic mass is 35.5. The molecule has 0 bridgehead atoms. The highest BCUT2D eigenvalue weighted by molar-refractivity contribution is 7.98. The summed E-state index contributed by atoms with van der Waals surface area (Å²) in [5, 5.41) is 1.29. The molecule has 0 saturated heterocycles. The van der Waals surface area contributed by atoms with Crippen LogP contribution in [-0.4, -0.2) is 9.97 Å². The normalized spacial score (nSPS) is 10.4. The van der Waals surface area contributed by atoms with Crippen molar-refractivity contribution in [2.75, 3.05) is 11.5 Å². The molecule has 0 aliphatic rings. The zero-order valence-electron chi connectivity index (χ0n) is 8.93. The Bertz CT molecular complexity index is 512. The number of aromatic nitrogens is 2. The molecule has 0 aliphatic heterocycles. The number of nitrogens with zero attached hydrogens (tertiary/aromatic N) is 2. The molecule has 2 aromatic rings. The topological polar surface area (TPSA) is 77.8 Å². The molecule has 0 atom stereocenters. The maximum atomic E-state index is 5.90. The second-order valence-electron chi connectivity index (χ2n) is 3.42. The zero-order valence-corrected chi connectivity index (χ0v) is 10.5. The van der Waals surface area contributed by atoms with Gasteiger partial charge in [-0.15, -0.1) is 0 Å². The fourth-order valence-electron chi connectivity index (χ4n) is 1.30. The fourth-order valence-corrected chi connectivity index (χ4v) is 2.33. The molecule has 0 unspecified atom stereocenters. The molecule has 0 amide bonds. The average molecular weight is 267 g/mol. The van der Waals surface area contributed by atoms with Gasteiger partial charge in [0.25, 0.3) is 0 Å². The summed E-state index contributed by atoms with van der Waals surface area (Å²) in [5.74, 6) is 1.49. The van der Waals surface area contributed by atoms with Gasteiger partial charge in [0.2, 0.25) is 0 Å². The van der Waals surface area contributed by atoms with Crippen molar-refractivity contribution < 1.29 is 0 Å². The SMILES string of the molecule is Nc1cc(N)nc(SCc2cccc(Cl)c2)n1. The molecule has 1 aromatic heterocycles. The smallest absolute Gasteiger partial charge is 0.191 e. The van der Waals surface area contributed by atoms with Gasteiger partial charge in [0.15, 0.2) is 5.16 Å². The molecule has 88 valence electrons. The standard InChI is InChI=1S/C11H11ClN4S/c12-8-3-1-2-7(4-8)6-17-11-15-9(13)5-10(14)16-11/h1-5H,6H2,(H4,13,14,15,16). The van der Waals surface area contributed by atoms with Crippen LogP contribution in [0.25, 0.3) is 0 Å². The summed E-state index contributed by atoms with van der Waals surface area (Å²) < 4.78 is 0. The van der Waals surface area contributed by atoms with E-state index in [-0.39, 0.29) is 0 Å². The van der Waals surface area contributed by atoms with Gasteiger partial charge in [-0.3, -0.25) is 0 Å². The first kappa shape index (κ1) is 12.0. The van der Waals surface area contributed by atoms with Crippen LogP contribution in [-0.2, 0) is 5.75 Å². The summed E-state index contributed by atoms with van der Waals surface area (Å²) in [6.07, 6.45) is 0. The second kappa shape index (κ2) is 5.25. The highest BCUT2D eigenvalue weighted by Gasteiger charge is 2.02. The number of thioether (sulfide) groups is 1. The minimum Gasteiger partial charge on any atom is -0.383 e. The lowest BCUT2D eigenvalue weighted by molar-refractivity contribution is 0.984. The number of halogens is 1. The van der Waals surface area contributed by atoms with E-state index in [1.54, 1.807) is 0 Å². The van der Waals surface area contributed by atoms with Crippen molar-refractivity contribution in [3.05, 3.63) is 40.9 Å². The van der Waals surface area contributed by atoms with Crippen LogP contribution in [0.15, 0.2) is 35.5 Å². The Balaban J connectivity index is 2.07. The fraction of sp³-hybridized carbons (Fsp3) is 0.0909. The molecular formula is C11H11ClN4S. The summed E-state index contributed by atoms with van der Waals surface area (Å²) >= 11 is 7.37. The van der Waals surface area contributed by atoms with Gasteiger partial charge in [-0.1, -0.05) is 35.5 Å². The predicted octanol–water partition coefficient (Wildman–Crippen LogP) is 2.59.